The Kier molecular flexibility index (Phi) is 2.94. The Morgan fingerprint density at radius 2 is 2.25 bits per heavy atom. The van der Waals surface area contributed by atoms with Crippen molar-refractivity contribution >= 4 is 15.9 Å². The van der Waals surface area contributed by atoms with Crippen LogP contribution < -0.4 is 4.74 Å². The first-order valence-corrected chi connectivity index (χ1v) is 6.16. The van der Waals surface area contributed by atoms with Gasteiger partial charge in [0.2, 0.25) is 0 Å². The summed E-state index contributed by atoms with van der Waals surface area (Å²) in [4.78, 5) is 0. The lowest BCUT2D eigenvalue weighted by atomic mass is 9.86. The van der Waals surface area contributed by atoms with E-state index in [0.717, 1.165) is 35.2 Å². The monoisotopic (exact) mass is 279 g/mol. The molecule has 0 aliphatic carbocycles. The van der Waals surface area contributed by atoms with Crippen LogP contribution in [0, 0.1) is 16.7 Å². The van der Waals surface area contributed by atoms with Gasteiger partial charge in [0.25, 0.3) is 0 Å². The molecule has 1 aromatic carbocycles. The van der Waals surface area contributed by atoms with Crippen molar-refractivity contribution in [2.75, 3.05) is 6.61 Å². The molecular weight excluding hydrogens is 266 g/mol. The van der Waals surface area contributed by atoms with Crippen LogP contribution in [0.15, 0.2) is 16.6 Å². The van der Waals surface area contributed by atoms with Crippen molar-refractivity contribution in [3.05, 3.63) is 27.7 Å². The van der Waals surface area contributed by atoms with Crippen molar-refractivity contribution in [1.82, 2.24) is 0 Å². The molecule has 3 heteroatoms. The molecule has 0 N–H and O–H groups in total. The Bertz CT molecular complexity index is 460. The van der Waals surface area contributed by atoms with Crippen LogP contribution in [0.2, 0.25) is 0 Å². The van der Waals surface area contributed by atoms with Crippen molar-refractivity contribution in [2.45, 2.75) is 26.7 Å². The number of ether oxygens (including phenoxy) is 1. The summed E-state index contributed by atoms with van der Waals surface area (Å²) in [6.45, 7) is 4.66. The normalized spacial score (nSPS) is 14.1. The van der Waals surface area contributed by atoms with E-state index in [2.05, 4.69) is 34.1 Å². The number of nitrogens with zero attached hydrogens (tertiary/aromatic N) is 1. The number of fused-ring (bicyclic) bond motifs is 1. The maximum atomic E-state index is 9.07. The first-order chi connectivity index (χ1) is 7.52. The molecule has 0 bridgehead atoms. The molecule has 0 amide bonds. The summed E-state index contributed by atoms with van der Waals surface area (Å²) in [5.41, 5.74) is 2.03. The van der Waals surface area contributed by atoms with E-state index in [1.807, 2.05) is 13.8 Å². The van der Waals surface area contributed by atoms with Crippen molar-refractivity contribution in [3.63, 3.8) is 0 Å². The van der Waals surface area contributed by atoms with E-state index >= 15 is 0 Å². The van der Waals surface area contributed by atoms with Crippen LogP contribution in [0.25, 0.3) is 0 Å². The van der Waals surface area contributed by atoms with Gasteiger partial charge in [0.05, 0.1) is 18.1 Å². The van der Waals surface area contributed by atoms with Gasteiger partial charge in [-0.3, -0.25) is 0 Å². The maximum Gasteiger partial charge on any atom is 0.125 e. The molecule has 0 fully saturated rings. The summed E-state index contributed by atoms with van der Waals surface area (Å²) in [7, 11) is 0. The van der Waals surface area contributed by atoms with Crippen LogP contribution in [0.1, 0.15) is 25.0 Å². The lowest BCUT2D eigenvalue weighted by Crippen LogP contribution is -2.12. The minimum Gasteiger partial charge on any atom is -0.493 e. The molecule has 0 atom stereocenters. The summed E-state index contributed by atoms with van der Waals surface area (Å²) >= 11 is 3.51. The average molecular weight is 280 g/mol. The SMILES string of the molecule is CC(C)(C#N)Cc1cc(Br)cc2c1OCC2. The minimum atomic E-state index is -0.347. The molecule has 1 aliphatic heterocycles. The van der Waals surface area contributed by atoms with E-state index in [1.54, 1.807) is 0 Å². The summed E-state index contributed by atoms with van der Waals surface area (Å²) in [6, 6.07) is 6.49. The molecule has 0 unspecified atom stereocenters. The minimum absolute atomic E-state index is 0.347. The predicted molar refractivity (Wildman–Crippen MR) is 66.4 cm³/mol. The van der Waals surface area contributed by atoms with E-state index < -0.39 is 0 Å². The fourth-order valence-corrected chi connectivity index (χ4v) is 2.55. The van der Waals surface area contributed by atoms with E-state index in [1.165, 1.54) is 5.56 Å². The molecule has 2 nitrogen and oxygen atoms in total. The van der Waals surface area contributed by atoms with Crippen molar-refractivity contribution in [1.29, 1.82) is 5.26 Å². The van der Waals surface area contributed by atoms with E-state index in [9.17, 15) is 0 Å². The highest BCUT2D eigenvalue weighted by Gasteiger charge is 2.24. The Hall–Kier alpha value is -1.01. The van der Waals surface area contributed by atoms with Gasteiger partial charge in [-0.15, -0.1) is 0 Å². The molecule has 84 valence electrons. The van der Waals surface area contributed by atoms with Crippen molar-refractivity contribution in [3.8, 4) is 11.8 Å². The number of hydrogen-bond acceptors (Lipinski definition) is 2. The van der Waals surface area contributed by atoms with Crippen molar-refractivity contribution in [2.24, 2.45) is 5.41 Å². The smallest absolute Gasteiger partial charge is 0.125 e. The van der Waals surface area contributed by atoms with Gasteiger partial charge >= 0.3 is 0 Å². The van der Waals surface area contributed by atoms with E-state index in [0.29, 0.717) is 0 Å². The standard InChI is InChI=1S/C13H14BrNO/c1-13(2,8-15)7-10-6-11(14)5-9-3-4-16-12(9)10/h5-6H,3-4,7H2,1-2H3. The topological polar surface area (TPSA) is 33.0 Å². The molecule has 0 radical (unpaired) electrons. The molecular formula is C13H14BrNO. The Labute approximate surface area is 104 Å². The summed E-state index contributed by atoms with van der Waals surface area (Å²) in [5.74, 6) is 0.992. The van der Waals surface area contributed by atoms with E-state index in [-0.39, 0.29) is 5.41 Å². The van der Waals surface area contributed by atoms with Crippen LogP contribution >= 0.6 is 15.9 Å². The van der Waals surface area contributed by atoms with Gasteiger partial charge < -0.3 is 4.74 Å². The molecule has 16 heavy (non-hydrogen) atoms. The second kappa shape index (κ2) is 4.10. The van der Waals surface area contributed by atoms with Gasteiger partial charge in [-0.1, -0.05) is 15.9 Å². The summed E-state index contributed by atoms with van der Waals surface area (Å²) in [6.07, 6.45) is 1.69. The number of rotatable bonds is 2. The quantitative estimate of drug-likeness (QED) is 0.831. The fourth-order valence-electron chi connectivity index (χ4n) is 1.99. The zero-order valence-electron chi connectivity index (χ0n) is 9.51. The average Bonchev–Trinajstić information content (AvgIpc) is 2.65. The second-order valence-corrected chi connectivity index (χ2v) is 5.74. The van der Waals surface area contributed by atoms with Crippen LogP contribution in [0.3, 0.4) is 0 Å². The van der Waals surface area contributed by atoms with Gasteiger partial charge in [0, 0.05) is 10.9 Å². The molecule has 0 aromatic heterocycles. The van der Waals surface area contributed by atoms with Gasteiger partial charge in [-0.2, -0.15) is 5.26 Å². The zero-order valence-corrected chi connectivity index (χ0v) is 11.1. The fraction of sp³-hybridized carbons (Fsp3) is 0.462. The van der Waals surface area contributed by atoms with Gasteiger partial charge in [-0.25, -0.2) is 0 Å². The lowest BCUT2D eigenvalue weighted by Gasteiger charge is -2.17. The van der Waals surface area contributed by atoms with Crippen LogP contribution in [-0.4, -0.2) is 6.61 Å². The molecule has 1 heterocycles. The molecule has 0 saturated heterocycles. The Morgan fingerprint density at radius 3 is 2.94 bits per heavy atom. The van der Waals surface area contributed by atoms with Crippen LogP contribution in [-0.2, 0) is 12.8 Å². The Morgan fingerprint density at radius 1 is 1.50 bits per heavy atom. The molecule has 1 aromatic rings. The molecule has 1 aliphatic rings. The van der Waals surface area contributed by atoms with Crippen LogP contribution in [0.4, 0.5) is 0 Å². The lowest BCUT2D eigenvalue weighted by molar-refractivity contribution is 0.349. The number of hydrogen-bond donors (Lipinski definition) is 0. The molecule has 0 saturated carbocycles. The highest BCUT2D eigenvalue weighted by Crippen LogP contribution is 2.36. The highest BCUT2D eigenvalue weighted by atomic mass is 79.9. The predicted octanol–water partition coefficient (Wildman–Crippen LogP) is 3.48. The maximum absolute atomic E-state index is 9.07. The van der Waals surface area contributed by atoms with Gasteiger partial charge in [0.15, 0.2) is 0 Å². The van der Waals surface area contributed by atoms with Gasteiger partial charge in [0.1, 0.15) is 5.75 Å². The summed E-state index contributed by atoms with van der Waals surface area (Å²) < 4.78 is 6.71. The highest BCUT2D eigenvalue weighted by molar-refractivity contribution is 9.10. The van der Waals surface area contributed by atoms with Gasteiger partial charge in [-0.05, 0) is 43.5 Å². The Balaban J connectivity index is 2.39. The molecule has 0 spiro atoms. The molecule has 2 rings (SSSR count). The largest absolute Gasteiger partial charge is 0.493 e. The summed E-state index contributed by atoms with van der Waals surface area (Å²) in [5, 5.41) is 9.07. The van der Waals surface area contributed by atoms with Crippen LogP contribution in [0.5, 0.6) is 5.75 Å². The van der Waals surface area contributed by atoms with E-state index in [4.69, 9.17) is 10.00 Å². The third-order valence-electron chi connectivity index (χ3n) is 2.76. The number of benzene rings is 1. The first kappa shape index (κ1) is 11.5. The number of nitriles is 1. The second-order valence-electron chi connectivity index (χ2n) is 4.82. The third kappa shape index (κ3) is 2.22. The third-order valence-corrected chi connectivity index (χ3v) is 3.22. The van der Waals surface area contributed by atoms with Crippen molar-refractivity contribution < 1.29 is 4.74 Å². The zero-order chi connectivity index (χ0) is 11.8. The first-order valence-electron chi connectivity index (χ1n) is 5.37. The number of halogens is 1.